The summed E-state index contributed by atoms with van der Waals surface area (Å²) in [6.45, 7) is 2.23. The lowest BCUT2D eigenvalue weighted by Gasteiger charge is -2.06. The fraction of sp³-hybridized carbons (Fsp3) is 0.357. The lowest BCUT2D eigenvalue weighted by molar-refractivity contribution is 0.422. The molecule has 0 aliphatic heterocycles. The van der Waals surface area contributed by atoms with Crippen molar-refractivity contribution in [3.05, 3.63) is 42.2 Å². The summed E-state index contributed by atoms with van der Waals surface area (Å²) in [4.78, 5) is 0. The third kappa shape index (κ3) is 2.51. The van der Waals surface area contributed by atoms with Crippen LogP contribution in [-0.2, 0) is 6.42 Å². The van der Waals surface area contributed by atoms with Gasteiger partial charge in [0, 0.05) is 11.6 Å². The van der Waals surface area contributed by atoms with Gasteiger partial charge >= 0.3 is 0 Å². The normalized spacial score (nSPS) is 10.6. The van der Waals surface area contributed by atoms with E-state index in [1.165, 1.54) is 30.4 Å². The van der Waals surface area contributed by atoms with Gasteiger partial charge < -0.3 is 4.52 Å². The van der Waals surface area contributed by atoms with Crippen LogP contribution in [0.4, 0.5) is 0 Å². The molecule has 0 saturated heterocycles. The van der Waals surface area contributed by atoms with Crippen molar-refractivity contribution in [2.24, 2.45) is 0 Å². The van der Waals surface area contributed by atoms with E-state index < -0.39 is 0 Å². The summed E-state index contributed by atoms with van der Waals surface area (Å²) in [6, 6.07) is 10.3. The molecule has 2 rings (SSSR count). The van der Waals surface area contributed by atoms with Gasteiger partial charge in [-0.25, -0.2) is 0 Å². The molecule has 1 aromatic heterocycles. The Labute approximate surface area is 96.3 Å². The summed E-state index contributed by atoms with van der Waals surface area (Å²) in [5.74, 6) is 0. The number of hydrogen-bond acceptors (Lipinski definition) is 2. The number of rotatable bonds is 5. The van der Waals surface area contributed by atoms with Crippen LogP contribution in [0.2, 0.25) is 0 Å². The fourth-order valence-electron chi connectivity index (χ4n) is 1.91. The highest BCUT2D eigenvalue weighted by atomic mass is 16.5. The highest BCUT2D eigenvalue weighted by Crippen LogP contribution is 2.23. The van der Waals surface area contributed by atoms with Crippen molar-refractivity contribution < 1.29 is 4.52 Å². The molecule has 0 radical (unpaired) electrons. The second-order valence-electron chi connectivity index (χ2n) is 4.00. The highest BCUT2D eigenvalue weighted by Gasteiger charge is 2.06. The van der Waals surface area contributed by atoms with Crippen LogP contribution in [0.25, 0.3) is 11.3 Å². The first kappa shape index (κ1) is 10.9. The maximum atomic E-state index is 4.90. The second-order valence-corrected chi connectivity index (χ2v) is 4.00. The first-order chi connectivity index (χ1) is 7.92. The molecule has 84 valence electrons. The molecule has 2 nitrogen and oxygen atoms in total. The van der Waals surface area contributed by atoms with Crippen molar-refractivity contribution >= 4 is 0 Å². The first-order valence-corrected chi connectivity index (χ1v) is 5.90. The topological polar surface area (TPSA) is 26.0 Å². The first-order valence-electron chi connectivity index (χ1n) is 5.90. The Hall–Kier alpha value is -1.57. The van der Waals surface area contributed by atoms with Crippen LogP contribution in [0.5, 0.6) is 0 Å². The number of hydrogen-bond donors (Lipinski definition) is 0. The van der Waals surface area contributed by atoms with Crippen molar-refractivity contribution in [3.8, 4) is 11.3 Å². The van der Waals surface area contributed by atoms with Crippen molar-refractivity contribution in [2.75, 3.05) is 0 Å². The van der Waals surface area contributed by atoms with Gasteiger partial charge in [-0.15, -0.1) is 0 Å². The standard InChI is InChI=1S/C14H17NO/c1-2-3-4-7-12-8-5-6-9-13(12)14-10-11-16-15-14/h5-6,8-11H,2-4,7H2,1H3. The van der Waals surface area contributed by atoms with E-state index in [4.69, 9.17) is 4.52 Å². The minimum absolute atomic E-state index is 0.937. The molecule has 0 bridgehead atoms. The van der Waals surface area contributed by atoms with Gasteiger partial charge in [-0.2, -0.15) is 0 Å². The zero-order valence-corrected chi connectivity index (χ0v) is 9.65. The summed E-state index contributed by atoms with van der Waals surface area (Å²) in [5, 5.41) is 4.00. The molecule has 0 unspecified atom stereocenters. The van der Waals surface area contributed by atoms with Crippen LogP contribution < -0.4 is 0 Å². The van der Waals surface area contributed by atoms with Crippen LogP contribution in [0.15, 0.2) is 41.1 Å². The molecule has 0 aliphatic rings. The third-order valence-corrected chi connectivity index (χ3v) is 2.78. The molecule has 16 heavy (non-hydrogen) atoms. The van der Waals surface area contributed by atoms with E-state index in [1.54, 1.807) is 6.26 Å². The average Bonchev–Trinajstić information content (AvgIpc) is 2.83. The van der Waals surface area contributed by atoms with E-state index in [0.717, 1.165) is 12.1 Å². The minimum Gasteiger partial charge on any atom is -0.364 e. The number of aromatic nitrogens is 1. The molecule has 0 saturated carbocycles. The fourth-order valence-corrected chi connectivity index (χ4v) is 1.91. The van der Waals surface area contributed by atoms with E-state index in [-0.39, 0.29) is 0 Å². The molecule has 1 heterocycles. The molecular weight excluding hydrogens is 198 g/mol. The number of aryl methyl sites for hydroxylation is 1. The van der Waals surface area contributed by atoms with E-state index in [1.807, 2.05) is 12.1 Å². The lowest BCUT2D eigenvalue weighted by atomic mass is 9.99. The zero-order chi connectivity index (χ0) is 11.2. The number of benzene rings is 1. The predicted octanol–water partition coefficient (Wildman–Crippen LogP) is 4.07. The van der Waals surface area contributed by atoms with Crippen LogP contribution in [-0.4, -0.2) is 5.16 Å². The Morgan fingerprint density at radius 3 is 2.75 bits per heavy atom. The quantitative estimate of drug-likeness (QED) is 0.702. The Bertz CT molecular complexity index is 420. The average molecular weight is 215 g/mol. The van der Waals surface area contributed by atoms with Gasteiger partial charge in [0.25, 0.3) is 0 Å². The zero-order valence-electron chi connectivity index (χ0n) is 9.65. The smallest absolute Gasteiger partial charge is 0.124 e. The van der Waals surface area contributed by atoms with E-state index in [2.05, 4.69) is 30.3 Å². The van der Waals surface area contributed by atoms with Gasteiger partial charge in [0.1, 0.15) is 12.0 Å². The summed E-state index contributed by atoms with van der Waals surface area (Å²) < 4.78 is 4.90. The van der Waals surface area contributed by atoms with Gasteiger partial charge in [-0.3, -0.25) is 0 Å². The van der Waals surface area contributed by atoms with E-state index in [0.29, 0.717) is 0 Å². The van der Waals surface area contributed by atoms with Crippen LogP contribution in [0.3, 0.4) is 0 Å². The van der Waals surface area contributed by atoms with E-state index >= 15 is 0 Å². The molecule has 0 atom stereocenters. The molecule has 0 amide bonds. The summed E-state index contributed by atoms with van der Waals surface area (Å²) in [6.07, 6.45) is 6.53. The Balaban J connectivity index is 2.18. The maximum absolute atomic E-state index is 4.90. The predicted molar refractivity (Wildman–Crippen MR) is 65.2 cm³/mol. The SMILES string of the molecule is CCCCCc1ccccc1-c1ccon1. The van der Waals surface area contributed by atoms with Gasteiger partial charge in [-0.1, -0.05) is 49.2 Å². The van der Waals surface area contributed by atoms with E-state index in [9.17, 15) is 0 Å². The van der Waals surface area contributed by atoms with Gasteiger partial charge in [0.2, 0.25) is 0 Å². The van der Waals surface area contributed by atoms with Crippen LogP contribution >= 0.6 is 0 Å². The van der Waals surface area contributed by atoms with Crippen molar-refractivity contribution in [1.29, 1.82) is 0 Å². The molecule has 2 heteroatoms. The van der Waals surface area contributed by atoms with Crippen molar-refractivity contribution in [1.82, 2.24) is 5.16 Å². The van der Waals surface area contributed by atoms with Crippen molar-refractivity contribution in [2.45, 2.75) is 32.6 Å². The number of nitrogens with zero attached hydrogens (tertiary/aromatic N) is 1. The van der Waals surface area contributed by atoms with Crippen LogP contribution in [0.1, 0.15) is 31.7 Å². The Morgan fingerprint density at radius 2 is 2.00 bits per heavy atom. The molecule has 1 aromatic carbocycles. The molecule has 0 N–H and O–H groups in total. The summed E-state index contributed by atoms with van der Waals surface area (Å²) >= 11 is 0. The van der Waals surface area contributed by atoms with Gasteiger partial charge in [0.05, 0.1) is 0 Å². The Morgan fingerprint density at radius 1 is 1.12 bits per heavy atom. The van der Waals surface area contributed by atoms with Crippen LogP contribution in [0, 0.1) is 0 Å². The highest BCUT2D eigenvalue weighted by molar-refractivity contribution is 5.62. The van der Waals surface area contributed by atoms with Crippen molar-refractivity contribution in [3.63, 3.8) is 0 Å². The minimum atomic E-state index is 0.937. The third-order valence-electron chi connectivity index (χ3n) is 2.78. The molecular formula is C14H17NO. The van der Waals surface area contributed by atoms with Gasteiger partial charge in [0.15, 0.2) is 0 Å². The number of unbranched alkanes of at least 4 members (excludes halogenated alkanes) is 2. The monoisotopic (exact) mass is 215 g/mol. The molecule has 0 aliphatic carbocycles. The second kappa shape index (κ2) is 5.50. The summed E-state index contributed by atoms with van der Waals surface area (Å²) in [5.41, 5.74) is 3.50. The molecule has 0 fully saturated rings. The molecule has 2 aromatic rings. The Kier molecular flexibility index (Phi) is 3.76. The largest absolute Gasteiger partial charge is 0.364 e. The lowest BCUT2D eigenvalue weighted by Crippen LogP contribution is -1.90. The van der Waals surface area contributed by atoms with Gasteiger partial charge in [-0.05, 0) is 18.4 Å². The maximum Gasteiger partial charge on any atom is 0.124 e. The molecule has 0 spiro atoms. The summed E-state index contributed by atoms with van der Waals surface area (Å²) in [7, 11) is 0.